The highest BCUT2D eigenvalue weighted by Crippen LogP contribution is 2.24. The molecule has 0 bridgehead atoms. The second-order valence-electron chi connectivity index (χ2n) is 5.88. The number of morpholine rings is 1. The van der Waals surface area contributed by atoms with Crippen molar-refractivity contribution in [3.05, 3.63) is 0 Å². The summed E-state index contributed by atoms with van der Waals surface area (Å²) in [7, 11) is 0. The molecule has 2 aliphatic rings. The van der Waals surface area contributed by atoms with Gasteiger partial charge in [0.2, 0.25) is 0 Å². The predicted octanol–water partition coefficient (Wildman–Crippen LogP) is 0.940. The zero-order valence-electron chi connectivity index (χ0n) is 11.8. The third kappa shape index (κ3) is 4.75. The minimum atomic E-state index is -0.632. The van der Waals surface area contributed by atoms with Gasteiger partial charge in [-0.25, -0.2) is 0 Å². The molecule has 1 saturated heterocycles. The Morgan fingerprint density at radius 3 is 2.84 bits per heavy atom. The van der Waals surface area contributed by atoms with Crippen LogP contribution in [0.1, 0.15) is 32.6 Å². The Morgan fingerprint density at radius 2 is 2.16 bits per heavy atom. The molecule has 0 aromatic carbocycles. The normalized spacial score (nSPS) is 31.0. The highest BCUT2D eigenvalue weighted by molar-refractivity contribution is 5.70. The largest absolute Gasteiger partial charge is 0.481 e. The molecule has 5 nitrogen and oxygen atoms in total. The van der Waals surface area contributed by atoms with Crippen LogP contribution < -0.4 is 5.32 Å². The molecule has 5 heteroatoms. The lowest BCUT2D eigenvalue weighted by Crippen LogP contribution is -2.48. The number of carbonyl (C=O) groups is 1. The van der Waals surface area contributed by atoms with Gasteiger partial charge in [-0.3, -0.25) is 9.69 Å². The summed E-state index contributed by atoms with van der Waals surface area (Å²) in [5.74, 6) is -0.783. The molecule has 2 N–H and O–H groups in total. The van der Waals surface area contributed by atoms with E-state index in [0.29, 0.717) is 12.1 Å². The number of hydrogen-bond acceptors (Lipinski definition) is 4. The van der Waals surface area contributed by atoms with Gasteiger partial charge in [0.25, 0.3) is 0 Å². The summed E-state index contributed by atoms with van der Waals surface area (Å²) >= 11 is 0. The summed E-state index contributed by atoms with van der Waals surface area (Å²) in [6.45, 7) is 6.90. The third-order valence-electron chi connectivity index (χ3n) is 4.18. The molecule has 0 spiro atoms. The summed E-state index contributed by atoms with van der Waals surface area (Å²) in [6, 6.07) is 0.779. The maximum Gasteiger partial charge on any atom is 0.306 e. The molecule has 3 atom stereocenters. The monoisotopic (exact) mass is 270 g/mol. The third-order valence-corrected chi connectivity index (χ3v) is 4.18. The van der Waals surface area contributed by atoms with Crippen LogP contribution in [0, 0.1) is 5.92 Å². The van der Waals surface area contributed by atoms with E-state index in [9.17, 15) is 4.79 Å². The van der Waals surface area contributed by atoms with Crippen LogP contribution in [0.2, 0.25) is 0 Å². The topological polar surface area (TPSA) is 61.8 Å². The van der Waals surface area contributed by atoms with Gasteiger partial charge < -0.3 is 15.2 Å². The summed E-state index contributed by atoms with van der Waals surface area (Å²) < 4.78 is 5.34. The summed E-state index contributed by atoms with van der Waals surface area (Å²) in [5, 5.41) is 12.7. The van der Waals surface area contributed by atoms with Crippen molar-refractivity contribution in [1.29, 1.82) is 0 Å². The molecule has 3 unspecified atom stereocenters. The smallest absolute Gasteiger partial charge is 0.306 e. The number of hydrogen-bond donors (Lipinski definition) is 2. The van der Waals surface area contributed by atoms with Crippen molar-refractivity contribution in [3.8, 4) is 0 Å². The average Bonchev–Trinajstić information content (AvgIpc) is 2.40. The van der Waals surface area contributed by atoms with Gasteiger partial charge in [-0.15, -0.1) is 0 Å². The molecule has 2 rings (SSSR count). The van der Waals surface area contributed by atoms with Gasteiger partial charge in [0, 0.05) is 31.7 Å². The molecule has 1 aliphatic carbocycles. The van der Waals surface area contributed by atoms with Crippen LogP contribution >= 0.6 is 0 Å². The lowest BCUT2D eigenvalue weighted by molar-refractivity contribution is -0.143. The Balaban J connectivity index is 1.71. The summed E-state index contributed by atoms with van der Waals surface area (Å²) in [6.07, 6.45) is 3.75. The van der Waals surface area contributed by atoms with Gasteiger partial charge >= 0.3 is 5.97 Å². The van der Waals surface area contributed by atoms with Crippen LogP contribution in [0.4, 0.5) is 0 Å². The van der Waals surface area contributed by atoms with Crippen LogP contribution in [-0.4, -0.2) is 60.9 Å². The molecular weight excluding hydrogens is 244 g/mol. The molecule has 1 aliphatic heterocycles. The summed E-state index contributed by atoms with van der Waals surface area (Å²) in [4.78, 5) is 13.5. The highest BCUT2D eigenvalue weighted by atomic mass is 16.5. The fraction of sp³-hybridized carbons (Fsp3) is 0.929. The van der Waals surface area contributed by atoms with Crippen molar-refractivity contribution in [2.24, 2.45) is 5.92 Å². The number of ether oxygens (including phenoxy) is 1. The van der Waals surface area contributed by atoms with Crippen molar-refractivity contribution < 1.29 is 14.6 Å². The second-order valence-corrected chi connectivity index (χ2v) is 5.88. The number of nitrogens with zero attached hydrogens (tertiary/aromatic N) is 1. The lowest BCUT2D eigenvalue weighted by atomic mass is 9.85. The maximum absolute atomic E-state index is 11.1. The second kappa shape index (κ2) is 7.22. The lowest BCUT2D eigenvalue weighted by Gasteiger charge is -2.33. The van der Waals surface area contributed by atoms with Crippen molar-refractivity contribution in [2.75, 3.05) is 32.8 Å². The van der Waals surface area contributed by atoms with Gasteiger partial charge in [-0.2, -0.15) is 0 Å². The van der Waals surface area contributed by atoms with Crippen LogP contribution in [-0.2, 0) is 9.53 Å². The molecule has 0 radical (unpaired) electrons. The number of carboxylic acid groups (broad SMARTS) is 1. The molecule has 1 saturated carbocycles. The zero-order valence-corrected chi connectivity index (χ0v) is 11.8. The fourth-order valence-corrected chi connectivity index (χ4v) is 3.19. The Hall–Kier alpha value is -0.650. The average molecular weight is 270 g/mol. The number of nitrogens with one attached hydrogen (secondary N) is 1. The van der Waals surface area contributed by atoms with E-state index in [2.05, 4.69) is 17.1 Å². The van der Waals surface area contributed by atoms with Crippen molar-refractivity contribution in [1.82, 2.24) is 10.2 Å². The van der Waals surface area contributed by atoms with E-state index < -0.39 is 5.97 Å². The molecular formula is C14H26N2O3. The van der Waals surface area contributed by atoms with Crippen molar-refractivity contribution >= 4 is 5.97 Å². The minimum absolute atomic E-state index is 0.151. The van der Waals surface area contributed by atoms with E-state index >= 15 is 0 Å². The predicted molar refractivity (Wildman–Crippen MR) is 73.2 cm³/mol. The highest BCUT2D eigenvalue weighted by Gasteiger charge is 2.27. The number of carboxylic acids is 1. The standard InChI is InChI=1S/C14H26N2O3/c1-11(10-16-5-7-19-8-6-16)15-13-4-2-3-12(9-13)14(17)18/h11-13,15H,2-10H2,1H3,(H,17,18). The molecule has 0 aromatic heterocycles. The summed E-state index contributed by atoms with van der Waals surface area (Å²) in [5.41, 5.74) is 0. The minimum Gasteiger partial charge on any atom is -0.481 e. The SMILES string of the molecule is CC(CN1CCOCC1)NC1CCCC(C(=O)O)C1. The van der Waals surface area contributed by atoms with E-state index in [4.69, 9.17) is 9.84 Å². The Morgan fingerprint density at radius 1 is 1.42 bits per heavy atom. The Labute approximate surface area is 115 Å². The van der Waals surface area contributed by atoms with Crippen molar-refractivity contribution in [3.63, 3.8) is 0 Å². The van der Waals surface area contributed by atoms with Crippen molar-refractivity contribution in [2.45, 2.75) is 44.7 Å². The van der Waals surface area contributed by atoms with E-state index in [0.717, 1.165) is 58.5 Å². The molecule has 2 fully saturated rings. The van der Waals surface area contributed by atoms with Gasteiger partial charge in [0.05, 0.1) is 19.1 Å². The first kappa shape index (κ1) is 14.8. The quantitative estimate of drug-likeness (QED) is 0.778. The first-order valence-corrected chi connectivity index (χ1v) is 7.44. The molecule has 0 amide bonds. The van der Waals surface area contributed by atoms with Gasteiger partial charge in [0.1, 0.15) is 0 Å². The maximum atomic E-state index is 11.1. The fourth-order valence-electron chi connectivity index (χ4n) is 3.19. The number of rotatable bonds is 5. The van der Waals surface area contributed by atoms with Gasteiger partial charge in [0.15, 0.2) is 0 Å². The first-order chi connectivity index (χ1) is 9.15. The molecule has 0 aromatic rings. The number of aliphatic carboxylic acids is 1. The Bertz CT molecular complexity index is 292. The van der Waals surface area contributed by atoms with Gasteiger partial charge in [-0.1, -0.05) is 6.42 Å². The van der Waals surface area contributed by atoms with Crippen LogP contribution in [0.15, 0.2) is 0 Å². The van der Waals surface area contributed by atoms with Crippen LogP contribution in [0.3, 0.4) is 0 Å². The zero-order chi connectivity index (χ0) is 13.7. The van der Waals surface area contributed by atoms with Crippen LogP contribution in [0.25, 0.3) is 0 Å². The van der Waals surface area contributed by atoms with E-state index in [1.165, 1.54) is 0 Å². The van der Waals surface area contributed by atoms with E-state index in [1.54, 1.807) is 0 Å². The van der Waals surface area contributed by atoms with E-state index in [-0.39, 0.29) is 5.92 Å². The molecule has 19 heavy (non-hydrogen) atoms. The van der Waals surface area contributed by atoms with Crippen LogP contribution in [0.5, 0.6) is 0 Å². The Kier molecular flexibility index (Phi) is 5.60. The first-order valence-electron chi connectivity index (χ1n) is 7.44. The van der Waals surface area contributed by atoms with E-state index in [1.807, 2.05) is 0 Å². The van der Waals surface area contributed by atoms with Gasteiger partial charge in [-0.05, 0) is 26.2 Å². The molecule has 1 heterocycles. The molecule has 110 valence electrons.